The predicted molar refractivity (Wildman–Crippen MR) is 115 cm³/mol. The lowest BCUT2D eigenvalue weighted by atomic mass is 9.95. The van der Waals surface area contributed by atoms with Gasteiger partial charge in [-0.3, -0.25) is 10.8 Å². The molecule has 8 nitrogen and oxygen atoms in total. The van der Waals surface area contributed by atoms with Crippen molar-refractivity contribution in [2.24, 2.45) is 10.3 Å². The molecule has 9 heteroatoms. The van der Waals surface area contributed by atoms with Crippen molar-refractivity contribution in [2.45, 2.75) is 43.0 Å². The zero-order chi connectivity index (χ0) is 20.7. The molecule has 0 radical (unpaired) electrons. The molecule has 1 fully saturated rings. The van der Waals surface area contributed by atoms with E-state index in [-0.39, 0.29) is 10.7 Å². The Morgan fingerprint density at radius 2 is 1.79 bits per heavy atom. The van der Waals surface area contributed by atoms with E-state index in [2.05, 4.69) is 25.8 Å². The number of nitrogens with one attached hydrogen (secondary N) is 4. The first-order valence-corrected chi connectivity index (χ1v) is 11.1. The molecule has 0 amide bonds. The maximum absolute atomic E-state index is 12.2. The van der Waals surface area contributed by atoms with Crippen LogP contribution in [0.5, 0.6) is 0 Å². The SMILES string of the molecule is CNS(=O)(=O)c1ccc(NC2CCCCC2)c(C(=N)/N=N\Nc2ccccc2)c1. The van der Waals surface area contributed by atoms with Crippen LogP contribution in [0.4, 0.5) is 11.4 Å². The molecule has 0 unspecified atom stereocenters. The molecule has 154 valence electrons. The van der Waals surface area contributed by atoms with Gasteiger partial charge in [0.15, 0.2) is 5.84 Å². The van der Waals surface area contributed by atoms with Crippen molar-refractivity contribution < 1.29 is 8.42 Å². The van der Waals surface area contributed by atoms with Crippen LogP contribution < -0.4 is 15.5 Å². The molecule has 0 saturated heterocycles. The fourth-order valence-electron chi connectivity index (χ4n) is 3.30. The number of hydrogen-bond donors (Lipinski definition) is 4. The molecule has 1 aliphatic carbocycles. The van der Waals surface area contributed by atoms with E-state index in [4.69, 9.17) is 5.41 Å². The number of nitrogens with zero attached hydrogens (tertiary/aromatic N) is 2. The number of amidine groups is 1. The average molecular weight is 415 g/mol. The summed E-state index contributed by atoms with van der Waals surface area (Å²) in [7, 11) is -2.27. The Morgan fingerprint density at radius 1 is 1.07 bits per heavy atom. The van der Waals surface area contributed by atoms with Crippen molar-refractivity contribution in [2.75, 3.05) is 17.8 Å². The summed E-state index contributed by atoms with van der Waals surface area (Å²) in [6.07, 6.45) is 5.68. The molecule has 0 atom stereocenters. The van der Waals surface area contributed by atoms with Crippen molar-refractivity contribution in [3.63, 3.8) is 0 Å². The summed E-state index contributed by atoms with van der Waals surface area (Å²) in [5, 5.41) is 19.6. The van der Waals surface area contributed by atoms with Gasteiger partial charge in [0, 0.05) is 17.3 Å². The van der Waals surface area contributed by atoms with Crippen LogP contribution in [0.2, 0.25) is 0 Å². The summed E-state index contributed by atoms with van der Waals surface area (Å²) >= 11 is 0. The van der Waals surface area contributed by atoms with E-state index in [0.29, 0.717) is 17.3 Å². The Hall–Kier alpha value is -2.78. The lowest BCUT2D eigenvalue weighted by Crippen LogP contribution is -2.24. The Labute approximate surface area is 171 Å². The Bertz CT molecular complexity index is 970. The van der Waals surface area contributed by atoms with E-state index in [0.717, 1.165) is 31.4 Å². The van der Waals surface area contributed by atoms with Crippen molar-refractivity contribution >= 4 is 27.2 Å². The molecule has 0 bridgehead atoms. The third kappa shape index (κ3) is 5.61. The molecular formula is C20H26N6O2S. The van der Waals surface area contributed by atoms with Crippen molar-refractivity contribution in [3.8, 4) is 0 Å². The minimum Gasteiger partial charge on any atom is -0.382 e. The lowest BCUT2D eigenvalue weighted by Gasteiger charge is -2.25. The second kappa shape index (κ2) is 9.62. The van der Waals surface area contributed by atoms with E-state index in [1.807, 2.05) is 30.3 Å². The highest BCUT2D eigenvalue weighted by Gasteiger charge is 2.19. The number of hydrogen-bond acceptors (Lipinski definition) is 5. The fraction of sp³-hybridized carbons (Fsp3) is 0.350. The first-order chi connectivity index (χ1) is 14.0. The summed E-state index contributed by atoms with van der Waals surface area (Å²) in [5.41, 5.74) is 4.60. The Balaban J connectivity index is 1.85. The average Bonchev–Trinajstić information content (AvgIpc) is 2.75. The van der Waals surface area contributed by atoms with Crippen LogP contribution in [0.1, 0.15) is 37.7 Å². The molecule has 1 aliphatic rings. The standard InChI is InChI=1S/C20H26N6O2S/c1-22-29(27,28)17-12-13-19(23-15-8-4-2-5-9-15)18(14-17)20(21)25-26-24-16-10-6-3-7-11-16/h3,6-7,10-15,22-23H,2,4-5,8-9H2,1H3,(H2,21,24,25). The highest BCUT2D eigenvalue weighted by molar-refractivity contribution is 7.89. The molecule has 0 aliphatic heterocycles. The highest BCUT2D eigenvalue weighted by atomic mass is 32.2. The first kappa shape index (κ1) is 20.9. The van der Waals surface area contributed by atoms with Gasteiger partial charge in [0.2, 0.25) is 10.0 Å². The summed E-state index contributed by atoms with van der Waals surface area (Å²) < 4.78 is 26.7. The van der Waals surface area contributed by atoms with Crippen LogP contribution in [0.15, 0.2) is 63.8 Å². The van der Waals surface area contributed by atoms with Gasteiger partial charge < -0.3 is 5.32 Å². The normalized spacial score (nSPS) is 15.3. The van der Waals surface area contributed by atoms with Gasteiger partial charge in [0.1, 0.15) is 0 Å². The van der Waals surface area contributed by atoms with E-state index in [1.165, 1.54) is 25.6 Å². The van der Waals surface area contributed by atoms with E-state index >= 15 is 0 Å². The zero-order valence-electron chi connectivity index (χ0n) is 16.4. The zero-order valence-corrected chi connectivity index (χ0v) is 17.2. The summed E-state index contributed by atoms with van der Waals surface area (Å²) in [5.74, 6) is -0.125. The highest BCUT2D eigenvalue weighted by Crippen LogP contribution is 2.26. The van der Waals surface area contributed by atoms with Crippen LogP contribution >= 0.6 is 0 Å². The number of rotatable bonds is 7. The largest absolute Gasteiger partial charge is 0.382 e. The molecule has 0 aromatic heterocycles. The second-order valence-corrected chi connectivity index (χ2v) is 8.81. The molecule has 2 aromatic rings. The van der Waals surface area contributed by atoms with Crippen molar-refractivity contribution in [1.29, 1.82) is 5.41 Å². The smallest absolute Gasteiger partial charge is 0.240 e. The Kier molecular flexibility index (Phi) is 6.95. The van der Waals surface area contributed by atoms with Crippen LogP contribution in [0.25, 0.3) is 0 Å². The molecule has 29 heavy (non-hydrogen) atoms. The molecule has 0 spiro atoms. The fourth-order valence-corrected chi connectivity index (χ4v) is 4.05. The maximum atomic E-state index is 12.2. The minimum atomic E-state index is -3.63. The molecule has 1 saturated carbocycles. The quantitative estimate of drug-likeness (QED) is 0.235. The van der Waals surface area contributed by atoms with Crippen LogP contribution in [0, 0.1) is 5.41 Å². The van der Waals surface area contributed by atoms with E-state index < -0.39 is 10.0 Å². The van der Waals surface area contributed by atoms with Gasteiger partial charge in [-0.1, -0.05) is 42.7 Å². The third-order valence-corrected chi connectivity index (χ3v) is 6.30. The third-order valence-electron chi connectivity index (χ3n) is 4.89. The van der Waals surface area contributed by atoms with Gasteiger partial charge in [-0.15, -0.1) is 5.11 Å². The molecular weight excluding hydrogens is 388 g/mol. The van der Waals surface area contributed by atoms with Gasteiger partial charge in [-0.25, -0.2) is 13.1 Å². The molecule has 2 aromatic carbocycles. The monoisotopic (exact) mass is 414 g/mol. The molecule has 0 heterocycles. The minimum absolute atomic E-state index is 0.0835. The van der Waals surface area contributed by atoms with E-state index in [9.17, 15) is 8.42 Å². The molecule has 3 rings (SSSR count). The van der Waals surface area contributed by atoms with Crippen LogP contribution in [-0.4, -0.2) is 27.3 Å². The van der Waals surface area contributed by atoms with Gasteiger partial charge in [-0.05, 0) is 50.2 Å². The lowest BCUT2D eigenvalue weighted by molar-refractivity contribution is 0.462. The number of para-hydroxylation sites is 1. The summed E-state index contributed by atoms with van der Waals surface area (Å²) in [6.45, 7) is 0. The van der Waals surface area contributed by atoms with Gasteiger partial charge in [0.25, 0.3) is 0 Å². The van der Waals surface area contributed by atoms with Crippen molar-refractivity contribution in [1.82, 2.24) is 4.72 Å². The predicted octanol–water partition coefficient (Wildman–Crippen LogP) is 4.14. The van der Waals surface area contributed by atoms with Crippen LogP contribution in [-0.2, 0) is 10.0 Å². The van der Waals surface area contributed by atoms with Gasteiger partial charge >= 0.3 is 0 Å². The first-order valence-electron chi connectivity index (χ1n) is 9.64. The number of sulfonamides is 1. The van der Waals surface area contributed by atoms with E-state index in [1.54, 1.807) is 6.07 Å². The summed E-state index contributed by atoms with van der Waals surface area (Å²) in [4.78, 5) is 0.0835. The maximum Gasteiger partial charge on any atom is 0.240 e. The topological polar surface area (TPSA) is 119 Å². The van der Waals surface area contributed by atoms with Gasteiger partial charge in [0.05, 0.1) is 10.6 Å². The number of benzene rings is 2. The summed E-state index contributed by atoms with van der Waals surface area (Å²) in [6, 6.07) is 14.3. The molecule has 4 N–H and O–H groups in total. The van der Waals surface area contributed by atoms with Gasteiger partial charge in [-0.2, -0.15) is 0 Å². The number of anilines is 2. The van der Waals surface area contributed by atoms with Crippen LogP contribution in [0.3, 0.4) is 0 Å². The second-order valence-electron chi connectivity index (χ2n) is 6.92. The van der Waals surface area contributed by atoms with Crippen molar-refractivity contribution in [3.05, 3.63) is 54.1 Å². The Morgan fingerprint density at radius 3 is 2.48 bits per heavy atom.